The van der Waals surface area contributed by atoms with Crippen LogP contribution in [0.3, 0.4) is 0 Å². The van der Waals surface area contributed by atoms with Crippen LogP contribution in [-0.4, -0.2) is 16.3 Å². The maximum Gasteiger partial charge on any atom is 0.263 e. The van der Waals surface area contributed by atoms with Crippen LogP contribution in [-0.2, 0) is 0 Å². The molecule has 0 aliphatic heterocycles. The zero-order valence-electron chi connectivity index (χ0n) is 8.13. The summed E-state index contributed by atoms with van der Waals surface area (Å²) >= 11 is 0. The molecule has 0 aliphatic carbocycles. The van der Waals surface area contributed by atoms with E-state index in [0.29, 0.717) is 5.69 Å². The number of hydrogen-bond donors (Lipinski definition) is 1. The van der Waals surface area contributed by atoms with Crippen LogP contribution in [0.15, 0.2) is 10.7 Å². The Balaban J connectivity index is 2.70. The smallest absolute Gasteiger partial charge is 0.263 e. The summed E-state index contributed by atoms with van der Waals surface area (Å²) in [5, 5.41) is 0. The Bertz CT molecular complexity index is 310. The molecule has 0 saturated heterocycles. The fraction of sp³-hybridized carbons (Fsp3) is 0.556. The molecule has 1 aromatic heterocycles. The lowest BCUT2D eigenvalue weighted by Gasteiger charge is -2.15. The summed E-state index contributed by atoms with van der Waals surface area (Å²) in [6, 6.07) is 0. The third kappa shape index (κ3) is 2.99. The van der Waals surface area contributed by atoms with E-state index in [4.69, 9.17) is 10.2 Å². The molecule has 1 rings (SSSR count). The van der Waals surface area contributed by atoms with Gasteiger partial charge < -0.3 is 10.2 Å². The maximum absolute atomic E-state index is 11.4. The van der Waals surface area contributed by atoms with E-state index in [1.807, 2.05) is 0 Å². The Morgan fingerprint density at radius 3 is 2.69 bits per heavy atom. The van der Waals surface area contributed by atoms with Gasteiger partial charge in [0.25, 0.3) is 5.89 Å². The highest BCUT2D eigenvalue weighted by Crippen LogP contribution is 2.10. The monoisotopic (exact) mass is 182 g/mol. The summed E-state index contributed by atoms with van der Waals surface area (Å²) in [6.45, 7) is 5.36. The molecule has 0 bridgehead atoms. The van der Waals surface area contributed by atoms with Crippen molar-refractivity contribution in [1.82, 2.24) is 4.98 Å². The topological polar surface area (TPSA) is 69.1 Å². The molecule has 1 aromatic rings. The van der Waals surface area contributed by atoms with Crippen molar-refractivity contribution in [3.63, 3.8) is 0 Å². The number of nitrogens with two attached hydrogens (primary N) is 1. The first-order chi connectivity index (χ1) is 5.88. The number of carbonyl (C=O) groups excluding carboxylic acids is 1. The normalized spacial score (nSPS) is 11.7. The summed E-state index contributed by atoms with van der Waals surface area (Å²) in [6.07, 6.45) is 1.70. The van der Waals surface area contributed by atoms with E-state index in [1.54, 1.807) is 20.8 Å². The molecular formula is C9H14N2O2. The van der Waals surface area contributed by atoms with E-state index in [-0.39, 0.29) is 18.1 Å². The van der Waals surface area contributed by atoms with Crippen LogP contribution in [0.5, 0.6) is 0 Å². The average molecular weight is 182 g/mol. The number of nitrogens with zero attached hydrogens (tertiary/aromatic N) is 1. The fourth-order valence-electron chi connectivity index (χ4n) is 0.971. The largest absolute Gasteiger partial charge is 0.442 e. The van der Waals surface area contributed by atoms with Crippen molar-refractivity contribution in [2.24, 2.45) is 5.73 Å². The van der Waals surface area contributed by atoms with Gasteiger partial charge in [-0.25, -0.2) is 4.98 Å². The first kappa shape index (κ1) is 9.92. The summed E-state index contributed by atoms with van der Waals surface area (Å²) < 4.78 is 4.96. The number of oxazole rings is 1. The highest BCUT2D eigenvalue weighted by molar-refractivity contribution is 5.92. The van der Waals surface area contributed by atoms with Gasteiger partial charge in [0.1, 0.15) is 6.26 Å². The number of aryl methyl sites for hydroxylation is 1. The summed E-state index contributed by atoms with van der Waals surface area (Å²) in [5.41, 5.74) is 5.88. The number of hydrogen-bond acceptors (Lipinski definition) is 4. The van der Waals surface area contributed by atoms with Gasteiger partial charge in [0.05, 0.1) is 5.69 Å². The van der Waals surface area contributed by atoms with E-state index in [1.165, 1.54) is 6.26 Å². The third-order valence-corrected chi connectivity index (χ3v) is 1.47. The summed E-state index contributed by atoms with van der Waals surface area (Å²) in [5.74, 6) is -0.00312. The summed E-state index contributed by atoms with van der Waals surface area (Å²) in [7, 11) is 0. The highest BCUT2D eigenvalue weighted by Gasteiger charge is 2.20. The molecular weight excluding hydrogens is 168 g/mol. The van der Waals surface area contributed by atoms with Crippen molar-refractivity contribution < 1.29 is 9.21 Å². The number of aromatic nitrogens is 1. The van der Waals surface area contributed by atoms with Crippen LogP contribution in [0.2, 0.25) is 0 Å². The minimum Gasteiger partial charge on any atom is -0.442 e. The molecule has 0 saturated carbocycles. The van der Waals surface area contributed by atoms with Crippen LogP contribution >= 0.6 is 0 Å². The van der Waals surface area contributed by atoms with Gasteiger partial charge in [0.15, 0.2) is 0 Å². The number of rotatable bonds is 3. The minimum atomic E-state index is -0.514. The average Bonchev–Trinajstić information content (AvgIpc) is 2.31. The zero-order chi connectivity index (χ0) is 10.1. The van der Waals surface area contributed by atoms with Gasteiger partial charge in [0.2, 0.25) is 5.78 Å². The molecule has 1 heterocycles. The SMILES string of the molecule is Cc1coc(C(=O)CC(C)(C)N)n1. The van der Waals surface area contributed by atoms with Crippen LogP contribution < -0.4 is 5.73 Å². The van der Waals surface area contributed by atoms with Crippen molar-refractivity contribution in [3.05, 3.63) is 17.8 Å². The highest BCUT2D eigenvalue weighted by atomic mass is 16.3. The van der Waals surface area contributed by atoms with E-state index >= 15 is 0 Å². The molecule has 2 N–H and O–H groups in total. The van der Waals surface area contributed by atoms with Crippen molar-refractivity contribution in [1.29, 1.82) is 0 Å². The quantitative estimate of drug-likeness (QED) is 0.715. The van der Waals surface area contributed by atoms with Gasteiger partial charge in [-0.15, -0.1) is 0 Å². The Kier molecular flexibility index (Phi) is 2.52. The second-order valence-electron chi connectivity index (χ2n) is 3.88. The lowest BCUT2D eigenvalue weighted by molar-refractivity contribution is 0.0926. The third-order valence-electron chi connectivity index (χ3n) is 1.47. The molecule has 13 heavy (non-hydrogen) atoms. The van der Waals surface area contributed by atoms with Gasteiger partial charge in [0, 0.05) is 12.0 Å². The van der Waals surface area contributed by atoms with Crippen molar-refractivity contribution in [2.75, 3.05) is 0 Å². The molecule has 72 valence electrons. The molecule has 0 aromatic carbocycles. The molecule has 0 amide bonds. The molecule has 0 unspecified atom stereocenters. The van der Waals surface area contributed by atoms with Crippen LogP contribution in [0.4, 0.5) is 0 Å². The van der Waals surface area contributed by atoms with E-state index in [2.05, 4.69) is 4.98 Å². The predicted molar refractivity (Wildman–Crippen MR) is 48.5 cm³/mol. The molecule has 4 heteroatoms. The molecule has 0 aliphatic rings. The number of ketones is 1. The number of Topliss-reactive ketones (excluding diaryl/α,β-unsaturated/α-hetero) is 1. The van der Waals surface area contributed by atoms with E-state index in [9.17, 15) is 4.79 Å². The lowest BCUT2D eigenvalue weighted by atomic mass is 9.99. The lowest BCUT2D eigenvalue weighted by Crippen LogP contribution is -2.34. The Labute approximate surface area is 77.1 Å². The Morgan fingerprint density at radius 2 is 2.31 bits per heavy atom. The fourth-order valence-corrected chi connectivity index (χ4v) is 0.971. The summed E-state index contributed by atoms with van der Waals surface area (Å²) in [4.78, 5) is 15.4. The molecule has 4 nitrogen and oxygen atoms in total. The van der Waals surface area contributed by atoms with Gasteiger partial charge >= 0.3 is 0 Å². The molecule has 0 fully saturated rings. The van der Waals surface area contributed by atoms with Gasteiger partial charge in [-0.2, -0.15) is 0 Å². The predicted octanol–water partition coefficient (Wildman–Crippen LogP) is 1.29. The van der Waals surface area contributed by atoms with Crippen LogP contribution in [0, 0.1) is 6.92 Å². The van der Waals surface area contributed by atoms with Crippen LogP contribution in [0.1, 0.15) is 36.6 Å². The molecule has 0 spiro atoms. The molecule has 0 radical (unpaired) electrons. The van der Waals surface area contributed by atoms with Gasteiger partial charge in [-0.05, 0) is 20.8 Å². The number of carbonyl (C=O) groups is 1. The first-order valence-electron chi connectivity index (χ1n) is 4.13. The molecule has 0 atom stereocenters. The zero-order valence-corrected chi connectivity index (χ0v) is 8.13. The van der Waals surface area contributed by atoms with Gasteiger partial charge in [-0.1, -0.05) is 0 Å². The first-order valence-corrected chi connectivity index (χ1v) is 4.13. The maximum atomic E-state index is 11.4. The van der Waals surface area contributed by atoms with Gasteiger partial charge in [-0.3, -0.25) is 4.79 Å². The Hall–Kier alpha value is -1.16. The van der Waals surface area contributed by atoms with Crippen molar-refractivity contribution >= 4 is 5.78 Å². The standard InChI is InChI=1S/C9H14N2O2/c1-6-5-13-8(11-6)7(12)4-9(2,3)10/h5H,4,10H2,1-3H3. The van der Waals surface area contributed by atoms with Crippen molar-refractivity contribution in [3.8, 4) is 0 Å². The Morgan fingerprint density at radius 1 is 1.69 bits per heavy atom. The second kappa shape index (κ2) is 3.30. The second-order valence-corrected chi connectivity index (χ2v) is 3.88. The minimum absolute atomic E-state index is 0.149. The van der Waals surface area contributed by atoms with Crippen molar-refractivity contribution in [2.45, 2.75) is 32.7 Å². The van der Waals surface area contributed by atoms with Crippen LogP contribution in [0.25, 0.3) is 0 Å². The van der Waals surface area contributed by atoms with E-state index < -0.39 is 5.54 Å². The van der Waals surface area contributed by atoms with E-state index in [0.717, 1.165) is 0 Å².